The molecule has 2 unspecified atom stereocenters. The number of fused-ring (bicyclic) bond motifs is 1. The van der Waals surface area contributed by atoms with Gasteiger partial charge in [-0.15, -0.1) is 0 Å². The lowest BCUT2D eigenvalue weighted by molar-refractivity contribution is -0.120. The molecule has 0 radical (unpaired) electrons. The van der Waals surface area contributed by atoms with Crippen molar-refractivity contribution >= 4 is 11.6 Å². The molecule has 108 valence electrons. The molecule has 0 spiro atoms. The second-order valence-corrected chi connectivity index (χ2v) is 6.26. The predicted molar refractivity (Wildman–Crippen MR) is 81.5 cm³/mol. The normalized spacial score (nSPS) is 27.2. The summed E-state index contributed by atoms with van der Waals surface area (Å²) in [6, 6.07) is 8.24. The van der Waals surface area contributed by atoms with Gasteiger partial charge < -0.3 is 10.6 Å². The number of carbonyl (C=O) groups excluding carboxylic acids is 1. The Balaban J connectivity index is 1.77. The Morgan fingerprint density at radius 3 is 2.75 bits per heavy atom. The van der Waals surface area contributed by atoms with Crippen molar-refractivity contribution in [1.29, 1.82) is 0 Å². The van der Waals surface area contributed by atoms with Gasteiger partial charge in [-0.3, -0.25) is 4.79 Å². The molecule has 2 aliphatic rings. The SMILES string of the molecule is Cc1cccc(N(CCCN)C(=O)C2C3CCCC32)c1. The lowest BCUT2D eigenvalue weighted by atomic mass is 10.1. The van der Waals surface area contributed by atoms with Crippen molar-refractivity contribution in [3.8, 4) is 0 Å². The molecule has 0 aromatic heterocycles. The van der Waals surface area contributed by atoms with E-state index in [1.165, 1.54) is 24.8 Å². The van der Waals surface area contributed by atoms with Crippen LogP contribution in [0.5, 0.6) is 0 Å². The third kappa shape index (κ3) is 2.47. The summed E-state index contributed by atoms with van der Waals surface area (Å²) >= 11 is 0. The summed E-state index contributed by atoms with van der Waals surface area (Å²) in [7, 11) is 0. The van der Waals surface area contributed by atoms with Gasteiger partial charge in [0.05, 0.1) is 0 Å². The lowest BCUT2D eigenvalue weighted by Gasteiger charge is -2.24. The number of benzene rings is 1. The van der Waals surface area contributed by atoms with Gasteiger partial charge in [0.1, 0.15) is 0 Å². The average Bonchev–Trinajstić information content (AvgIpc) is 2.92. The van der Waals surface area contributed by atoms with Crippen LogP contribution in [-0.4, -0.2) is 19.0 Å². The molecule has 2 fully saturated rings. The molecule has 20 heavy (non-hydrogen) atoms. The number of amides is 1. The molecule has 3 rings (SSSR count). The molecular formula is C17H24N2O. The Morgan fingerprint density at radius 1 is 1.35 bits per heavy atom. The molecule has 0 aliphatic heterocycles. The Labute approximate surface area is 121 Å². The minimum Gasteiger partial charge on any atom is -0.330 e. The number of nitrogens with two attached hydrogens (primary N) is 1. The Bertz CT molecular complexity index is 490. The standard InChI is InChI=1S/C17H24N2O/c1-12-5-2-6-13(11-12)19(10-4-9-18)17(20)16-14-7-3-8-15(14)16/h2,5-6,11,14-16H,3-4,7-10,18H2,1H3. The Morgan fingerprint density at radius 2 is 2.10 bits per heavy atom. The molecule has 1 aromatic carbocycles. The summed E-state index contributed by atoms with van der Waals surface area (Å²) in [6.07, 6.45) is 4.67. The Hall–Kier alpha value is -1.35. The van der Waals surface area contributed by atoms with Crippen molar-refractivity contribution in [2.75, 3.05) is 18.0 Å². The molecule has 1 aromatic rings. The summed E-state index contributed by atoms with van der Waals surface area (Å²) in [4.78, 5) is 14.8. The van der Waals surface area contributed by atoms with Crippen LogP contribution in [0.3, 0.4) is 0 Å². The molecular weight excluding hydrogens is 248 g/mol. The lowest BCUT2D eigenvalue weighted by Crippen LogP contribution is -2.35. The largest absolute Gasteiger partial charge is 0.330 e. The number of anilines is 1. The maximum atomic E-state index is 12.8. The van der Waals surface area contributed by atoms with Crippen molar-refractivity contribution in [3.63, 3.8) is 0 Å². The van der Waals surface area contributed by atoms with Crippen molar-refractivity contribution < 1.29 is 4.79 Å². The minimum atomic E-state index is 0.294. The van der Waals surface area contributed by atoms with Crippen LogP contribution in [0, 0.1) is 24.7 Å². The molecule has 3 heteroatoms. The molecule has 1 amide bonds. The topological polar surface area (TPSA) is 46.3 Å². The first-order valence-corrected chi connectivity index (χ1v) is 7.80. The molecule has 0 saturated heterocycles. The highest BCUT2D eigenvalue weighted by molar-refractivity contribution is 5.97. The zero-order valence-electron chi connectivity index (χ0n) is 12.2. The summed E-state index contributed by atoms with van der Waals surface area (Å²) < 4.78 is 0. The van der Waals surface area contributed by atoms with Gasteiger partial charge in [-0.25, -0.2) is 0 Å². The van der Waals surface area contributed by atoms with Gasteiger partial charge in [0.15, 0.2) is 0 Å². The van der Waals surface area contributed by atoms with Crippen LogP contribution >= 0.6 is 0 Å². The number of aryl methyl sites for hydroxylation is 1. The highest BCUT2D eigenvalue weighted by Crippen LogP contribution is 2.58. The van der Waals surface area contributed by atoms with E-state index >= 15 is 0 Å². The molecule has 2 saturated carbocycles. The first-order valence-electron chi connectivity index (χ1n) is 7.80. The van der Waals surface area contributed by atoms with E-state index in [9.17, 15) is 4.79 Å². The van der Waals surface area contributed by atoms with E-state index in [1.807, 2.05) is 17.0 Å². The average molecular weight is 272 g/mol. The van der Waals surface area contributed by atoms with Crippen molar-refractivity contribution in [2.45, 2.75) is 32.6 Å². The van der Waals surface area contributed by atoms with Crippen LogP contribution < -0.4 is 10.6 Å². The number of rotatable bonds is 5. The van der Waals surface area contributed by atoms with Crippen molar-refractivity contribution in [1.82, 2.24) is 0 Å². The van der Waals surface area contributed by atoms with Gasteiger partial charge in [-0.1, -0.05) is 18.6 Å². The quantitative estimate of drug-likeness (QED) is 0.896. The monoisotopic (exact) mass is 272 g/mol. The van der Waals surface area contributed by atoms with Gasteiger partial charge in [0.25, 0.3) is 0 Å². The second kappa shape index (κ2) is 5.57. The number of hydrogen-bond acceptors (Lipinski definition) is 2. The fourth-order valence-corrected chi connectivity index (χ4v) is 3.78. The summed E-state index contributed by atoms with van der Waals surface area (Å²) in [6.45, 7) is 3.45. The van der Waals surface area contributed by atoms with Crippen LogP contribution in [0.15, 0.2) is 24.3 Å². The van der Waals surface area contributed by atoms with E-state index < -0.39 is 0 Å². The molecule has 3 nitrogen and oxygen atoms in total. The third-order valence-electron chi connectivity index (χ3n) is 4.86. The fourth-order valence-electron chi connectivity index (χ4n) is 3.78. The van der Waals surface area contributed by atoms with Gasteiger partial charge in [0, 0.05) is 18.2 Å². The number of carbonyl (C=O) groups is 1. The van der Waals surface area contributed by atoms with Gasteiger partial charge >= 0.3 is 0 Å². The van der Waals surface area contributed by atoms with Crippen LogP contribution in [0.1, 0.15) is 31.2 Å². The molecule has 0 bridgehead atoms. The van der Waals surface area contributed by atoms with E-state index in [0.29, 0.717) is 30.2 Å². The molecule has 2 atom stereocenters. The molecule has 2 aliphatic carbocycles. The van der Waals surface area contributed by atoms with Crippen LogP contribution in [-0.2, 0) is 4.79 Å². The van der Waals surface area contributed by atoms with Gasteiger partial charge in [0.2, 0.25) is 5.91 Å². The van der Waals surface area contributed by atoms with Crippen molar-refractivity contribution in [2.24, 2.45) is 23.5 Å². The zero-order valence-corrected chi connectivity index (χ0v) is 12.2. The molecule has 0 heterocycles. The summed E-state index contributed by atoms with van der Waals surface area (Å²) in [5.74, 6) is 1.97. The molecule has 2 N–H and O–H groups in total. The summed E-state index contributed by atoms with van der Waals surface area (Å²) in [5, 5.41) is 0. The summed E-state index contributed by atoms with van der Waals surface area (Å²) in [5.41, 5.74) is 7.86. The first kappa shape index (κ1) is 13.6. The van der Waals surface area contributed by atoms with E-state index in [1.54, 1.807) is 0 Å². The van der Waals surface area contributed by atoms with Crippen LogP contribution in [0.25, 0.3) is 0 Å². The highest BCUT2D eigenvalue weighted by Gasteiger charge is 2.57. The first-order chi connectivity index (χ1) is 9.72. The van der Waals surface area contributed by atoms with E-state index in [-0.39, 0.29) is 0 Å². The highest BCUT2D eigenvalue weighted by atomic mass is 16.2. The second-order valence-electron chi connectivity index (χ2n) is 6.26. The predicted octanol–water partition coefficient (Wildman–Crippen LogP) is 2.72. The van der Waals surface area contributed by atoms with Gasteiger partial charge in [-0.05, 0) is 62.3 Å². The smallest absolute Gasteiger partial charge is 0.230 e. The number of nitrogens with zero attached hydrogens (tertiary/aromatic N) is 1. The van der Waals surface area contributed by atoms with Crippen molar-refractivity contribution in [3.05, 3.63) is 29.8 Å². The fraction of sp³-hybridized carbons (Fsp3) is 0.588. The third-order valence-corrected chi connectivity index (χ3v) is 4.86. The Kier molecular flexibility index (Phi) is 3.79. The van der Waals surface area contributed by atoms with E-state index in [4.69, 9.17) is 5.73 Å². The van der Waals surface area contributed by atoms with Crippen LogP contribution in [0.2, 0.25) is 0 Å². The van der Waals surface area contributed by atoms with Gasteiger partial charge in [-0.2, -0.15) is 0 Å². The van der Waals surface area contributed by atoms with E-state index in [0.717, 1.165) is 18.7 Å². The zero-order chi connectivity index (χ0) is 14.1. The van der Waals surface area contributed by atoms with Crippen LogP contribution in [0.4, 0.5) is 5.69 Å². The minimum absolute atomic E-state index is 0.294. The maximum absolute atomic E-state index is 12.8. The maximum Gasteiger partial charge on any atom is 0.230 e. The number of hydrogen-bond donors (Lipinski definition) is 1. The van der Waals surface area contributed by atoms with E-state index in [2.05, 4.69) is 19.1 Å².